The number of hydrogen-bond donors (Lipinski definition) is 1. The fourth-order valence-corrected chi connectivity index (χ4v) is 3.02. The molecule has 0 amide bonds. The third-order valence-corrected chi connectivity index (χ3v) is 4.12. The molecule has 0 aliphatic heterocycles. The first-order chi connectivity index (χ1) is 4.99. The van der Waals surface area contributed by atoms with Gasteiger partial charge in [-0.3, -0.25) is 0 Å². The molecule has 0 radical (unpaired) electrons. The van der Waals surface area contributed by atoms with Crippen molar-refractivity contribution in [3.05, 3.63) is 0 Å². The van der Waals surface area contributed by atoms with E-state index in [0.717, 1.165) is 12.3 Å². The molecule has 2 heteroatoms. The molecule has 2 saturated carbocycles. The lowest BCUT2D eigenvalue weighted by Gasteiger charge is -2.17. The van der Waals surface area contributed by atoms with Crippen LogP contribution in [-0.4, -0.2) is 16.2 Å². The van der Waals surface area contributed by atoms with Crippen LogP contribution in [0.5, 0.6) is 0 Å². The van der Waals surface area contributed by atoms with Crippen molar-refractivity contribution in [2.75, 3.05) is 0 Å². The predicted molar refractivity (Wildman–Crippen MR) is 48.8 cm³/mol. The van der Waals surface area contributed by atoms with Crippen molar-refractivity contribution < 1.29 is 10.6 Å². The van der Waals surface area contributed by atoms with E-state index in [2.05, 4.69) is 13.8 Å². The Hall–Kier alpha value is -0.0800. The van der Waals surface area contributed by atoms with Crippen molar-refractivity contribution in [2.24, 2.45) is 17.3 Å². The largest absolute Gasteiger partial charge is 0.412 e. The molecule has 0 saturated heterocycles. The van der Waals surface area contributed by atoms with E-state index in [9.17, 15) is 5.11 Å². The topological polar surface area (TPSA) is 51.7 Å². The Balaban J connectivity index is 0.000000720. The van der Waals surface area contributed by atoms with Crippen molar-refractivity contribution in [3.8, 4) is 0 Å². The maximum absolute atomic E-state index is 9.92. The van der Waals surface area contributed by atoms with Crippen molar-refractivity contribution in [1.29, 1.82) is 0 Å². The SMILES string of the molecule is CC(C)[C@@]12CCC(C)(O)[C@@H]1C2.O. The highest BCUT2D eigenvalue weighted by molar-refractivity contribution is 5.16. The molecule has 2 rings (SSSR count). The Labute approximate surface area is 74.3 Å². The second-order valence-corrected chi connectivity index (χ2v) is 5.00. The fraction of sp³-hybridized carbons (Fsp3) is 1.00. The summed E-state index contributed by atoms with van der Waals surface area (Å²) in [4.78, 5) is 0. The van der Waals surface area contributed by atoms with E-state index < -0.39 is 0 Å². The van der Waals surface area contributed by atoms with Crippen LogP contribution >= 0.6 is 0 Å². The first-order valence-corrected chi connectivity index (χ1v) is 4.71. The van der Waals surface area contributed by atoms with Crippen LogP contribution in [0.4, 0.5) is 0 Å². The second kappa shape index (κ2) is 2.46. The summed E-state index contributed by atoms with van der Waals surface area (Å²) in [5.41, 5.74) is 0.216. The fourth-order valence-electron chi connectivity index (χ4n) is 3.02. The van der Waals surface area contributed by atoms with Crippen molar-refractivity contribution in [2.45, 2.75) is 45.6 Å². The second-order valence-electron chi connectivity index (χ2n) is 5.00. The Morgan fingerprint density at radius 1 is 1.33 bits per heavy atom. The van der Waals surface area contributed by atoms with Crippen LogP contribution in [0.2, 0.25) is 0 Å². The molecule has 2 nitrogen and oxygen atoms in total. The van der Waals surface area contributed by atoms with Gasteiger partial charge in [0.05, 0.1) is 5.60 Å². The summed E-state index contributed by atoms with van der Waals surface area (Å²) in [6.07, 6.45) is 3.55. The van der Waals surface area contributed by atoms with Gasteiger partial charge in [0.15, 0.2) is 0 Å². The zero-order valence-corrected chi connectivity index (χ0v) is 8.22. The minimum absolute atomic E-state index is 0. The normalized spacial score (nSPS) is 50.2. The maximum Gasteiger partial charge on any atom is 0.0653 e. The van der Waals surface area contributed by atoms with Crippen LogP contribution in [-0.2, 0) is 0 Å². The van der Waals surface area contributed by atoms with E-state index in [0.29, 0.717) is 11.3 Å². The first-order valence-electron chi connectivity index (χ1n) is 4.71. The number of aliphatic hydroxyl groups is 1. The summed E-state index contributed by atoms with van der Waals surface area (Å²) in [5, 5.41) is 9.92. The summed E-state index contributed by atoms with van der Waals surface area (Å²) < 4.78 is 0. The lowest BCUT2D eigenvalue weighted by Crippen LogP contribution is -2.23. The number of hydrogen-bond acceptors (Lipinski definition) is 1. The summed E-state index contributed by atoms with van der Waals surface area (Å²) in [6.45, 7) is 6.59. The third kappa shape index (κ3) is 1.01. The van der Waals surface area contributed by atoms with E-state index in [4.69, 9.17) is 0 Å². The van der Waals surface area contributed by atoms with Gasteiger partial charge in [0.25, 0.3) is 0 Å². The summed E-state index contributed by atoms with van der Waals surface area (Å²) >= 11 is 0. The molecule has 0 aromatic carbocycles. The molecule has 2 aliphatic rings. The Kier molecular flexibility index (Phi) is 2.05. The molecule has 0 aromatic rings. The molecular formula is C10H20O2. The van der Waals surface area contributed by atoms with Gasteiger partial charge in [-0.15, -0.1) is 0 Å². The zero-order chi connectivity index (χ0) is 8.28. The zero-order valence-electron chi connectivity index (χ0n) is 8.22. The highest BCUT2D eigenvalue weighted by atomic mass is 16.3. The molecule has 0 heterocycles. The lowest BCUT2D eigenvalue weighted by molar-refractivity contribution is 0.0426. The maximum atomic E-state index is 9.92. The average Bonchev–Trinajstić information content (AvgIpc) is 2.54. The molecule has 3 atom stereocenters. The van der Waals surface area contributed by atoms with E-state index in [1.54, 1.807) is 0 Å². The molecule has 12 heavy (non-hydrogen) atoms. The molecule has 1 unspecified atom stereocenters. The minimum atomic E-state index is -0.329. The van der Waals surface area contributed by atoms with Crippen LogP contribution in [0.15, 0.2) is 0 Å². The highest BCUT2D eigenvalue weighted by Crippen LogP contribution is 2.70. The summed E-state index contributed by atoms with van der Waals surface area (Å²) in [7, 11) is 0. The molecule has 2 fully saturated rings. The van der Waals surface area contributed by atoms with Gasteiger partial charge >= 0.3 is 0 Å². The van der Waals surface area contributed by atoms with Crippen LogP contribution in [0.3, 0.4) is 0 Å². The molecule has 0 aromatic heterocycles. The van der Waals surface area contributed by atoms with Crippen molar-refractivity contribution in [1.82, 2.24) is 0 Å². The van der Waals surface area contributed by atoms with Gasteiger partial charge in [-0.1, -0.05) is 13.8 Å². The van der Waals surface area contributed by atoms with Gasteiger partial charge in [-0.2, -0.15) is 0 Å². The van der Waals surface area contributed by atoms with Gasteiger partial charge in [0.1, 0.15) is 0 Å². The van der Waals surface area contributed by atoms with Crippen molar-refractivity contribution >= 4 is 0 Å². The third-order valence-electron chi connectivity index (χ3n) is 4.12. The first kappa shape index (κ1) is 10.0. The molecule has 72 valence electrons. The standard InChI is InChI=1S/C10H18O.H2O/c1-7(2)10-5-4-9(3,11)8(10)6-10;/h7-8,11H,4-6H2,1-3H3;1H2/t8-,9?,10-;/m0./s1. The van der Waals surface area contributed by atoms with Gasteiger partial charge in [-0.05, 0) is 43.4 Å². The van der Waals surface area contributed by atoms with Crippen LogP contribution in [0.25, 0.3) is 0 Å². The molecular weight excluding hydrogens is 152 g/mol. The number of fused-ring (bicyclic) bond motifs is 1. The van der Waals surface area contributed by atoms with Gasteiger partial charge < -0.3 is 10.6 Å². The van der Waals surface area contributed by atoms with E-state index >= 15 is 0 Å². The average molecular weight is 172 g/mol. The summed E-state index contributed by atoms with van der Waals surface area (Å²) in [5.74, 6) is 1.39. The molecule has 0 spiro atoms. The molecule has 2 aliphatic carbocycles. The Morgan fingerprint density at radius 3 is 2.08 bits per heavy atom. The number of rotatable bonds is 1. The summed E-state index contributed by atoms with van der Waals surface area (Å²) in [6, 6.07) is 0. The van der Waals surface area contributed by atoms with Gasteiger partial charge in [0, 0.05) is 0 Å². The molecule has 0 bridgehead atoms. The molecule has 3 N–H and O–H groups in total. The van der Waals surface area contributed by atoms with E-state index in [1.807, 2.05) is 6.92 Å². The smallest absolute Gasteiger partial charge is 0.0653 e. The Bertz CT molecular complexity index is 186. The van der Waals surface area contributed by atoms with Gasteiger partial charge in [0.2, 0.25) is 0 Å². The quantitative estimate of drug-likeness (QED) is 0.638. The van der Waals surface area contributed by atoms with Gasteiger partial charge in [-0.25, -0.2) is 0 Å². The monoisotopic (exact) mass is 172 g/mol. The van der Waals surface area contributed by atoms with E-state index in [1.165, 1.54) is 12.8 Å². The van der Waals surface area contributed by atoms with Crippen molar-refractivity contribution in [3.63, 3.8) is 0 Å². The van der Waals surface area contributed by atoms with Crippen LogP contribution in [0, 0.1) is 17.3 Å². The highest BCUT2D eigenvalue weighted by Gasteiger charge is 2.67. The van der Waals surface area contributed by atoms with Crippen LogP contribution < -0.4 is 0 Å². The van der Waals surface area contributed by atoms with E-state index in [-0.39, 0.29) is 11.1 Å². The lowest BCUT2D eigenvalue weighted by atomic mass is 9.90. The van der Waals surface area contributed by atoms with Crippen LogP contribution in [0.1, 0.15) is 40.0 Å². The Morgan fingerprint density at radius 2 is 1.92 bits per heavy atom. The predicted octanol–water partition coefficient (Wildman–Crippen LogP) is 1.37. The minimum Gasteiger partial charge on any atom is -0.412 e.